The van der Waals surface area contributed by atoms with Crippen molar-refractivity contribution in [3.8, 4) is 21.9 Å². The Hall–Kier alpha value is -2.05. The first-order valence-electron chi connectivity index (χ1n) is 9.70. The average molecular weight is 385 g/mol. The van der Waals surface area contributed by atoms with Gasteiger partial charge in [-0.1, -0.05) is 0 Å². The van der Waals surface area contributed by atoms with Gasteiger partial charge in [0.15, 0.2) is 11.5 Å². The van der Waals surface area contributed by atoms with Crippen LogP contribution >= 0.6 is 11.3 Å². The molecule has 1 aromatic carbocycles. The second-order valence-electron chi connectivity index (χ2n) is 7.70. The highest BCUT2D eigenvalue weighted by Gasteiger charge is 2.36. The van der Waals surface area contributed by atoms with Crippen molar-refractivity contribution in [3.05, 3.63) is 35.2 Å². The van der Waals surface area contributed by atoms with Crippen molar-refractivity contribution in [2.75, 3.05) is 20.3 Å². The van der Waals surface area contributed by atoms with Crippen molar-refractivity contribution in [1.82, 2.24) is 10.2 Å². The molecule has 27 heavy (non-hydrogen) atoms. The van der Waals surface area contributed by atoms with Gasteiger partial charge >= 0.3 is 0 Å². The zero-order valence-electron chi connectivity index (χ0n) is 15.4. The van der Waals surface area contributed by atoms with Crippen molar-refractivity contribution in [2.24, 2.45) is 0 Å². The van der Waals surface area contributed by atoms with Crippen LogP contribution in [0.25, 0.3) is 10.4 Å². The Balaban J connectivity index is 1.33. The first kappa shape index (κ1) is 17.1. The van der Waals surface area contributed by atoms with E-state index in [1.54, 1.807) is 11.3 Å². The zero-order valence-corrected chi connectivity index (χ0v) is 16.3. The fourth-order valence-corrected chi connectivity index (χ4v) is 5.47. The molecule has 3 aliphatic rings. The third-order valence-electron chi connectivity index (χ3n) is 5.96. The molecule has 2 aromatic rings. The minimum absolute atomic E-state index is 0.134. The number of amides is 1. The van der Waals surface area contributed by atoms with E-state index in [9.17, 15) is 4.79 Å². The van der Waals surface area contributed by atoms with Crippen molar-refractivity contribution in [2.45, 2.75) is 43.8 Å². The predicted molar refractivity (Wildman–Crippen MR) is 106 cm³/mol. The normalized spacial score (nSPS) is 26.0. The summed E-state index contributed by atoms with van der Waals surface area (Å²) in [6.07, 6.45) is 4.63. The number of thiophene rings is 1. The minimum atomic E-state index is 0.134. The Labute approximate surface area is 163 Å². The number of carbonyl (C=O) groups is 1. The molecule has 0 radical (unpaired) electrons. The van der Waals surface area contributed by atoms with Crippen LogP contribution < -0.4 is 14.8 Å². The van der Waals surface area contributed by atoms with Crippen LogP contribution in [0.15, 0.2) is 30.3 Å². The van der Waals surface area contributed by atoms with Gasteiger partial charge in [-0.15, -0.1) is 11.3 Å². The molecule has 5 nitrogen and oxygen atoms in total. The van der Waals surface area contributed by atoms with E-state index in [0.717, 1.165) is 39.7 Å². The Morgan fingerprint density at radius 2 is 1.81 bits per heavy atom. The maximum absolute atomic E-state index is 13.0. The molecule has 1 aromatic heterocycles. The molecule has 6 heteroatoms. The molecule has 4 heterocycles. The van der Waals surface area contributed by atoms with Crippen LogP contribution in [0, 0.1) is 0 Å². The number of piperidine rings is 1. The van der Waals surface area contributed by atoms with Crippen LogP contribution in [0.2, 0.25) is 0 Å². The molecule has 0 saturated carbocycles. The summed E-state index contributed by atoms with van der Waals surface area (Å²) >= 11 is 1.55. The van der Waals surface area contributed by atoms with E-state index in [1.807, 2.05) is 42.3 Å². The van der Waals surface area contributed by atoms with Gasteiger partial charge in [-0.25, -0.2) is 0 Å². The topological polar surface area (TPSA) is 50.8 Å². The van der Waals surface area contributed by atoms with Crippen LogP contribution in [0.5, 0.6) is 11.5 Å². The lowest BCUT2D eigenvalue weighted by Gasteiger charge is -2.35. The molecule has 2 unspecified atom stereocenters. The fraction of sp³-hybridized carbons (Fsp3) is 0.476. The highest BCUT2D eigenvalue weighted by Crippen LogP contribution is 2.37. The summed E-state index contributed by atoms with van der Waals surface area (Å²) in [6, 6.07) is 11.5. The molecule has 5 rings (SSSR count). The molecular formula is C21H24N2O3S. The van der Waals surface area contributed by atoms with Crippen LogP contribution in [0.4, 0.5) is 0 Å². The van der Waals surface area contributed by atoms with Crippen molar-refractivity contribution in [1.29, 1.82) is 0 Å². The molecule has 2 saturated heterocycles. The summed E-state index contributed by atoms with van der Waals surface area (Å²) in [7, 11) is 1.96. The van der Waals surface area contributed by atoms with Gasteiger partial charge in [0.05, 0.1) is 4.88 Å². The van der Waals surface area contributed by atoms with Gasteiger partial charge < -0.3 is 19.7 Å². The molecule has 1 N–H and O–H groups in total. The molecule has 3 aliphatic heterocycles. The van der Waals surface area contributed by atoms with E-state index in [1.165, 1.54) is 12.8 Å². The Bertz CT molecular complexity index is 853. The van der Waals surface area contributed by atoms with Crippen molar-refractivity contribution in [3.63, 3.8) is 0 Å². The highest BCUT2D eigenvalue weighted by atomic mass is 32.1. The molecule has 2 bridgehead atoms. The van der Waals surface area contributed by atoms with Gasteiger partial charge in [-0.3, -0.25) is 4.79 Å². The molecule has 2 fully saturated rings. The number of benzene rings is 1. The summed E-state index contributed by atoms with van der Waals surface area (Å²) < 4.78 is 11.3. The lowest BCUT2D eigenvalue weighted by molar-refractivity contribution is 0.0686. The highest BCUT2D eigenvalue weighted by molar-refractivity contribution is 7.17. The van der Waals surface area contributed by atoms with Crippen molar-refractivity contribution >= 4 is 17.2 Å². The number of ether oxygens (including phenoxy) is 2. The van der Waals surface area contributed by atoms with Crippen LogP contribution in [0.3, 0.4) is 0 Å². The molecule has 0 spiro atoms. The van der Waals surface area contributed by atoms with Gasteiger partial charge in [-0.2, -0.15) is 0 Å². The number of hydrogen-bond donors (Lipinski definition) is 1. The second kappa shape index (κ2) is 6.84. The minimum Gasteiger partial charge on any atom is -0.486 e. The number of carbonyl (C=O) groups excluding carboxylic acids is 1. The Morgan fingerprint density at radius 1 is 1.07 bits per heavy atom. The smallest absolute Gasteiger partial charge is 0.263 e. The van der Waals surface area contributed by atoms with Crippen LogP contribution in [0.1, 0.15) is 35.4 Å². The zero-order chi connectivity index (χ0) is 18.4. The largest absolute Gasteiger partial charge is 0.486 e. The third kappa shape index (κ3) is 3.21. The maximum Gasteiger partial charge on any atom is 0.263 e. The Kier molecular flexibility index (Phi) is 4.32. The van der Waals surface area contributed by atoms with E-state index in [-0.39, 0.29) is 5.91 Å². The average Bonchev–Trinajstić information content (AvgIpc) is 3.33. The summed E-state index contributed by atoms with van der Waals surface area (Å²) in [5.74, 6) is 1.70. The number of fused-ring (bicyclic) bond motifs is 3. The Morgan fingerprint density at radius 3 is 2.59 bits per heavy atom. The standard InChI is InChI=1S/C21H24N2O3S/c1-23(16-11-14-3-4-15(12-16)22-14)21(24)20-7-6-19(27-20)13-2-5-17-18(10-13)26-9-8-25-17/h2,5-7,10,14-16,22H,3-4,8-9,11-12H2,1H3. The second-order valence-corrected chi connectivity index (χ2v) is 8.79. The number of nitrogens with zero attached hydrogens (tertiary/aromatic N) is 1. The fourth-order valence-electron chi connectivity index (χ4n) is 4.49. The molecule has 142 valence electrons. The summed E-state index contributed by atoms with van der Waals surface area (Å²) in [5, 5.41) is 3.65. The summed E-state index contributed by atoms with van der Waals surface area (Å²) in [5.41, 5.74) is 1.06. The molecule has 0 aliphatic carbocycles. The van der Waals surface area contributed by atoms with E-state index in [2.05, 4.69) is 5.32 Å². The van der Waals surface area contributed by atoms with Crippen LogP contribution in [-0.4, -0.2) is 49.2 Å². The van der Waals surface area contributed by atoms with E-state index in [0.29, 0.717) is 31.3 Å². The first-order valence-corrected chi connectivity index (χ1v) is 10.5. The first-order chi connectivity index (χ1) is 13.2. The van der Waals surface area contributed by atoms with Gasteiger partial charge in [0.1, 0.15) is 13.2 Å². The third-order valence-corrected chi connectivity index (χ3v) is 7.08. The summed E-state index contributed by atoms with van der Waals surface area (Å²) in [6.45, 7) is 1.17. The van der Waals surface area contributed by atoms with E-state index >= 15 is 0 Å². The molecule has 1 amide bonds. The van der Waals surface area contributed by atoms with Crippen molar-refractivity contribution < 1.29 is 14.3 Å². The van der Waals surface area contributed by atoms with E-state index < -0.39 is 0 Å². The SMILES string of the molecule is CN(C(=O)c1ccc(-c2ccc3c(c2)OCCO3)s1)C1CC2CCC(C1)N2. The molecule has 2 atom stereocenters. The quantitative estimate of drug-likeness (QED) is 0.879. The van der Waals surface area contributed by atoms with Gasteiger partial charge in [0, 0.05) is 30.1 Å². The number of rotatable bonds is 3. The molecular weight excluding hydrogens is 360 g/mol. The van der Waals surface area contributed by atoms with Gasteiger partial charge in [0.2, 0.25) is 0 Å². The lowest BCUT2D eigenvalue weighted by atomic mass is 9.98. The lowest BCUT2D eigenvalue weighted by Crippen LogP contribution is -2.48. The monoisotopic (exact) mass is 384 g/mol. The maximum atomic E-state index is 13.0. The number of hydrogen-bond acceptors (Lipinski definition) is 5. The van der Waals surface area contributed by atoms with Gasteiger partial charge in [-0.05, 0) is 61.6 Å². The number of nitrogens with one attached hydrogen (secondary N) is 1. The van der Waals surface area contributed by atoms with E-state index in [4.69, 9.17) is 9.47 Å². The summed E-state index contributed by atoms with van der Waals surface area (Å²) in [4.78, 5) is 16.9. The predicted octanol–water partition coefficient (Wildman–Crippen LogP) is 3.54. The van der Waals surface area contributed by atoms with Crippen LogP contribution in [-0.2, 0) is 0 Å². The van der Waals surface area contributed by atoms with Gasteiger partial charge in [0.25, 0.3) is 5.91 Å².